The van der Waals surface area contributed by atoms with Gasteiger partial charge < -0.3 is 9.84 Å². The molecule has 1 rings (SSSR count). The lowest BCUT2D eigenvalue weighted by Gasteiger charge is -1.97. The third kappa shape index (κ3) is 7.39. The van der Waals surface area contributed by atoms with Gasteiger partial charge in [0.1, 0.15) is 5.75 Å². The summed E-state index contributed by atoms with van der Waals surface area (Å²) in [7, 11) is 1.30. The highest BCUT2D eigenvalue weighted by molar-refractivity contribution is 5.89. The molecule has 0 fully saturated rings. The van der Waals surface area contributed by atoms with Crippen LogP contribution < -0.4 is 0 Å². The monoisotopic (exact) mass is 238 g/mol. The van der Waals surface area contributed by atoms with Crippen LogP contribution in [0.25, 0.3) is 0 Å². The quantitative estimate of drug-likeness (QED) is 0.641. The van der Waals surface area contributed by atoms with E-state index in [-0.39, 0.29) is 5.75 Å². The number of hydrogen-bond donors (Lipinski definition) is 1. The summed E-state index contributed by atoms with van der Waals surface area (Å²) >= 11 is 0. The van der Waals surface area contributed by atoms with E-state index in [9.17, 15) is 4.79 Å². The van der Waals surface area contributed by atoms with Crippen molar-refractivity contribution in [3.8, 4) is 5.75 Å². The Hall–Kier alpha value is -1.51. The fourth-order valence-electron chi connectivity index (χ4n) is 1.25. The van der Waals surface area contributed by atoms with Gasteiger partial charge in [0, 0.05) is 0 Å². The summed E-state index contributed by atoms with van der Waals surface area (Å²) < 4.78 is 4.44. The molecule has 0 aromatic heterocycles. The summed E-state index contributed by atoms with van der Waals surface area (Å²) in [6.07, 6.45) is 5.54. The van der Waals surface area contributed by atoms with Crippen LogP contribution in [-0.4, -0.2) is 18.2 Å². The van der Waals surface area contributed by atoms with Crippen LogP contribution in [0.4, 0.5) is 0 Å². The molecule has 0 spiro atoms. The first-order valence-corrected chi connectivity index (χ1v) is 6.03. The molecule has 0 saturated heterocycles. The van der Waals surface area contributed by atoms with Gasteiger partial charge in [-0.3, -0.25) is 0 Å². The van der Waals surface area contributed by atoms with Crippen LogP contribution in [0.3, 0.4) is 0 Å². The Morgan fingerprint density at radius 2 is 1.82 bits per heavy atom. The Labute approximate surface area is 103 Å². The maximum atomic E-state index is 10.8. The van der Waals surface area contributed by atoms with Crippen LogP contribution in [0.5, 0.6) is 5.75 Å². The topological polar surface area (TPSA) is 46.5 Å². The van der Waals surface area contributed by atoms with Gasteiger partial charge in [-0.15, -0.1) is 0 Å². The van der Waals surface area contributed by atoms with Crippen molar-refractivity contribution < 1.29 is 14.6 Å². The normalized spacial score (nSPS) is 9.12. The van der Waals surface area contributed by atoms with E-state index in [1.807, 2.05) is 0 Å². The summed E-state index contributed by atoms with van der Waals surface area (Å²) in [4.78, 5) is 10.8. The fourth-order valence-corrected chi connectivity index (χ4v) is 1.25. The first-order valence-electron chi connectivity index (χ1n) is 6.03. The molecule has 1 N–H and O–H groups in total. The third-order valence-electron chi connectivity index (χ3n) is 2.22. The summed E-state index contributed by atoms with van der Waals surface area (Å²) in [5, 5.41) is 8.95. The zero-order valence-electron chi connectivity index (χ0n) is 10.9. The second kappa shape index (κ2) is 9.70. The van der Waals surface area contributed by atoms with Gasteiger partial charge in [0.05, 0.1) is 12.7 Å². The Bertz CT molecular complexity index is 317. The number of benzene rings is 1. The van der Waals surface area contributed by atoms with Crippen LogP contribution in [-0.2, 0) is 4.74 Å². The van der Waals surface area contributed by atoms with Crippen molar-refractivity contribution in [3.05, 3.63) is 29.8 Å². The molecular formula is C14H22O3. The number of aromatic hydroxyl groups is 1. The number of hydrogen-bond acceptors (Lipinski definition) is 3. The standard InChI is InChI=1S/C8H8O3.C6H14/c1-11-8(10)6-3-2-4-7(9)5-6;1-3-5-6-4-2/h2-5,9H,1H3;3-6H2,1-2H3. The second-order valence-electron chi connectivity index (χ2n) is 3.75. The molecule has 0 aliphatic heterocycles. The van der Waals surface area contributed by atoms with Crippen LogP contribution >= 0.6 is 0 Å². The van der Waals surface area contributed by atoms with Crippen molar-refractivity contribution in [2.45, 2.75) is 39.5 Å². The Morgan fingerprint density at radius 3 is 2.24 bits per heavy atom. The van der Waals surface area contributed by atoms with E-state index in [0.29, 0.717) is 5.56 Å². The third-order valence-corrected chi connectivity index (χ3v) is 2.22. The lowest BCUT2D eigenvalue weighted by atomic mass is 10.2. The van der Waals surface area contributed by atoms with Crippen molar-refractivity contribution in [2.24, 2.45) is 0 Å². The maximum Gasteiger partial charge on any atom is 0.337 e. The fraction of sp³-hybridized carbons (Fsp3) is 0.500. The SMILES string of the molecule is CCCCCC.COC(=O)c1cccc(O)c1. The largest absolute Gasteiger partial charge is 0.508 e. The van der Waals surface area contributed by atoms with E-state index >= 15 is 0 Å². The lowest BCUT2D eigenvalue weighted by molar-refractivity contribution is 0.0600. The Balaban J connectivity index is 0.000000366. The van der Waals surface area contributed by atoms with Crippen molar-refractivity contribution >= 4 is 5.97 Å². The van der Waals surface area contributed by atoms with Crippen LogP contribution in [0.1, 0.15) is 49.9 Å². The molecular weight excluding hydrogens is 216 g/mol. The molecule has 0 atom stereocenters. The minimum Gasteiger partial charge on any atom is -0.508 e. The van der Waals surface area contributed by atoms with Gasteiger partial charge in [-0.25, -0.2) is 4.79 Å². The number of carbonyl (C=O) groups excluding carboxylic acids is 1. The Morgan fingerprint density at radius 1 is 1.24 bits per heavy atom. The van der Waals surface area contributed by atoms with Crippen LogP contribution in [0, 0.1) is 0 Å². The predicted octanol–water partition coefficient (Wildman–Crippen LogP) is 3.77. The van der Waals surface area contributed by atoms with E-state index in [1.165, 1.54) is 44.9 Å². The smallest absolute Gasteiger partial charge is 0.337 e. The molecule has 1 aromatic carbocycles. The van der Waals surface area contributed by atoms with E-state index in [0.717, 1.165) is 0 Å². The number of unbranched alkanes of at least 4 members (excludes halogenated alkanes) is 3. The number of ether oxygens (including phenoxy) is 1. The van der Waals surface area contributed by atoms with Gasteiger partial charge in [0.2, 0.25) is 0 Å². The van der Waals surface area contributed by atoms with Crippen LogP contribution in [0.2, 0.25) is 0 Å². The molecule has 17 heavy (non-hydrogen) atoms. The van der Waals surface area contributed by atoms with Gasteiger partial charge in [0.15, 0.2) is 0 Å². The Kier molecular flexibility index (Phi) is 8.84. The maximum absolute atomic E-state index is 10.8. The number of phenolic OH excluding ortho intramolecular Hbond substituents is 1. The van der Waals surface area contributed by atoms with Gasteiger partial charge in [0.25, 0.3) is 0 Å². The minimum absolute atomic E-state index is 0.0629. The summed E-state index contributed by atoms with van der Waals surface area (Å²) in [5.74, 6) is -0.381. The van der Waals surface area contributed by atoms with Gasteiger partial charge in [-0.1, -0.05) is 45.6 Å². The van der Waals surface area contributed by atoms with Gasteiger partial charge in [-0.2, -0.15) is 0 Å². The zero-order chi connectivity index (χ0) is 13.1. The number of phenols is 1. The number of methoxy groups -OCH3 is 1. The van der Waals surface area contributed by atoms with Crippen molar-refractivity contribution in [2.75, 3.05) is 7.11 Å². The summed E-state index contributed by atoms with van der Waals surface area (Å²) in [6.45, 7) is 4.46. The zero-order valence-corrected chi connectivity index (χ0v) is 10.9. The molecule has 0 heterocycles. The van der Waals surface area contributed by atoms with E-state index in [2.05, 4.69) is 18.6 Å². The van der Waals surface area contributed by atoms with Gasteiger partial charge >= 0.3 is 5.97 Å². The summed E-state index contributed by atoms with van der Waals surface area (Å²) in [6, 6.07) is 6.01. The van der Waals surface area contributed by atoms with Crippen molar-refractivity contribution in [3.63, 3.8) is 0 Å². The molecule has 0 aliphatic rings. The van der Waals surface area contributed by atoms with Crippen LogP contribution in [0.15, 0.2) is 24.3 Å². The lowest BCUT2D eigenvalue weighted by Crippen LogP contribution is -1.99. The average molecular weight is 238 g/mol. The molecule has 1 aromatic rings. The first kappa shape index (κ1) is 15.5. The molecule has 0 saturated carbocycles. The summed E-state index contributed by atoms with van der Waals surface area (Å²) in [5.41, 5.74) is 0.354. The average Bonchev–Trinajstić information content (AvgIpc) is 2.36. The van der Waals surface area contributed by atoms with Crippen molar-refractivity contribution in [1.29, 1.82) is 0 Å². The number of esters is 1. The molecule has 3 nitrogen and oxygen atoms in total. The van der Waals surface area contributed by atoms with E-state index in [4.69, 9.17) is 5.11 Å². The van der Waals surface area contributed by atoms with Gasteiger partial charge in [-0.05, 0) is 18.2 Å². The first-order chi connectivity index (χ1) is 8.15. The highest BCUT2D eigenvalue weighted by atomic mass is 16.5. The highest BCUT2D eigenvalue weighted by Crippen LogP contribution is 2.11. The highest BCUT2D eigenvalue weighted by Gasteiger charge is 2.03. The molecule has 0 aliphatic carbocycles. The molecule has 0 bridgehead atoms. The number of rotatable bonds is 4. The van der Waals surface area contributed by atoms with E-state index in [1.54, 1.807) is 12.1 Å². The second-order valence-corrected chi connectivity index (χ2v) is 3.75. The minimum atomic E-state index is -0.444. The predicted molar refractivity (Wildman–Crippen MR) is 69.3 cm³/mol. The number of carbonyl (C=O) groups is 1. The molecule has 0 amide bonds. The van der Waals surface area contributed by atoms with E-state index < -0.39 is 5.97 Å². The molecule has 96 valence electrons. The van der Waals surface area contributed by atoms with Crippen molar-refractivity contribution in [1.82, 2.24) is 0 Å². The molecule has 0 radical (unpaired) electrons. The molecule has 0 unspecified atom stereocenters. The molecule has 3 heteroatoms.